The average molecular weight is 444 g/mol. The van der Waals surface area contributed by atoms with E-state index in [0.29, 0.717) is 11.3 Å². The molecule has 0 aliphatic carbocycles. The normalized spacial score (nSPS) is 15.2. The molecule has 33 heavy (non-hydrogen) atoms. The third-order valence-electron chi connectivity index (χ3n) is 5.46. The van der Waals surface area contributed by atoms with Crippen LogP contribution in [0.15, 0.2) is 66.2 Å². The van der Waals surface area contributed by atoms with E-state index in [1.54, 1.807) is 36.4 Å². The van der Waals surface area contributed by atoms with Gasteiger partial charge in [0.2, 0.25) is 0 Å². The fourth-order valence-corrected chi connectivity index (χ4v) is 3.81. The van der Waals surface area contributed by atoms with Crippen LogP contribution >= 0.6 is 0 Å². The highest BCUT2D eigenvalue weighted by atomic mass is 16.6. The molecule has 0 atom stereocenters. The van der Waals surface area contributed by atoms with Crippen LogP contribution in [-0.4, -0.2) is 32.2 Å². The number of nitro benzene ring substituents is 1. The molecule has 9 heteroatoms. The number of hydrogen-bond acceptors (Lipinski definition) is 5. The van der Waals surface area contributed by atoms with Crippen LogP contribution in [0.4, 0.5) is 10.5 Å². The third kappa shape index (κ3) is 4.16. The molecule has 0 spiro atoms. The van der Waals surface area contributed by atoms with Gasteiger partial charge in [-0.3, -0.25) is 29.9 Å². The molecule has 0 radical (unpaired) electrons. The van der Waals surface area contributed by atoms with E-state index in [4.69, 9.17) is 0 Å². The van der Waals surface area contributed by atoms with E-state index in [2.05, 4.69) is 5.32 Å². The molecule has 4 amide bonds. The smallest absolute Gasteiger partial charge is 0.318 e. The van der Waals surface area contributed by atoms with Gasteiger partial charge in [-0.15, -0.1) is 0 Å². The molecular weight excluding hydrogens is 424 g/mol. The number of benzene rings is 2. The van der Waals surface area contributed by atoms with Gasteiger partial charge in [0.05, 0.1) is 11.5 Å². The lowest BCUT2D eigenvalue weighted by Crippen LogP contribution is -2.53. The molecule has 4 rings (SSSR count). The predicted molar refractivity (Wildman–Crippen MR) is 120 cm³/mol. The zero-order valence-electron chi connectivity index (χ0n) is 17.9. The molecule has 0 saturated carbocycles. The number of non-ortho nitro benzene ring substituents is 1. The Balaban J connectivity index is 1.68. The van der Waals surface area contributed by atoms with Gasteiger partial charge in [-0.1, -0.05) is 30.3 Å². The second kappa shape index (κ2) is 8.54. The van der Waals surface area contributed by atoms with E-state index in [1.807, 2.05) is 30.5 Å². The largest absolute Gasteiger partial charge is 0.331 e. The lowest BCUT2D eigenvalue weighted by Gasteiger charge is -2.26. The fraction of sp³-hybridized carbons (Fsp3) is 0.125. The Hall–Kier alpha value is -4.53. The number of nitro groups is 1. The topological polar surface area (TPSA) is 115 Å². The first-order chi connectivity index (χ1) is 15.8. The Labute approximate surface area is 189 Å². The van der Waals surface area contributed by atoms with Gasteiger partial charge in [-0.25, -0.2) is 4.79 Å². The summed E-state index contributed by atoms with van der Waals surface area (Å²) in [6.45, 7) is 3.71. The Morgan fingerprint density at radius 3 is 2.30 bits per heavy atom. The van der Waals surface area contributed by atoms with Gasteiger partial charge in [-0.2, -0.15) is 0 Å². The molecule has 1 aliphatic rings. The second-order valence-corrected chi connectivity index (χ2v) is 7.63. The molecular formula is C24H20N4O5. The maximum absolute atomic E-state index is 13.0. The minimum absolute atomic E-state index is 0.0174. The highest BCUT2D eigenvalue weighted by Gasteiger charge is 2.35. The van der Waals surface area contributed by atoms with Gasteiger partial charge in [0.15, 0.2) is 0 Å². The van der Waals surface area contributed by atoms with Crippen molar-refractivity contribution in [2.75, 3.05) is 0 Å². The van der Waals surface area contributed by atoms with Crippen LogP contribution in [0.3, 0.4) is 0 Å². The zero-order chi connectivity index (χ0) is 23.7. The maximum atomic E-state index is 13.0. The number of hydrogen-bond donors (Lipinski definition) is 1. The van der Waals surface area contributed by atoms with Crippen molar-refractivity contribution in [2.24, 2.45) is 0 Å². The molecule has 2 heterocycles. The van der Waals surface area contributed by atoms with E-state index < -0.39 is 22.8 Å². The number of carbonyl (C=O) groups is 3. The van der Waals surface area contributed by atoms with Crippen LogP contribution in [0, 0.1) is 24.0 Å². The van der Waals surface area contributed by atoms with Gasteiger partial charge in [0.25, 0.3) is 17.5 Å². The van der Waals surface area contributed by atoms with E-state index in [1.165, 1.54) is 18.2 Å². The molecule has 0 unspecified atom stereocenters. The fourth-order valence-electron chi connectivity index (χ4n) is 3.81. The Bertz CT molecular complexity index is 1310. The Kier molecular flexibility index (Phi) is 5.61. The van der Waals surface area contributed by atoms with Crippen LogP contribution in [0.5, 0.6) is 0 Å². The van der Waals surface area contributed by atoms with E-state index in [-0.39, 0.29) is 17.8 Å². The third-order valence-corrected chi connectivity index (χ3v) is 5.46. The van der Waals surface area contributed by atoms with E-state index in [0.717, 1.165) is 21.9 Å². The summed E-state index contributed by atoms with van der Waals surface area (Å²) in [6.07, 6.45) is 1.46. The molecule has 0 bridgehead atoms. The first kappa shape index (κ1) is 21.7. The number of rotatable bonds is 5. The lowest BCUT2D eigenvalue weighted by molar-refractivity contribution is -0.384. The summed E-state index contributed by atoms with van der Waals surface area (Å²) in [6, 6.07) is 16.2. The molecule has 2 aromatic carbocycles. The van der Waals surface area contributed by atoms with Crippen molar-refractivity contribution in [3.05, 3.63) is 98.9 Å². The molecule has 9 nitrogen and oxygen atoms in total. The number of aromatic nitrogens is 1. The standard InChI is InChI=1S/C24H20N4O5/c1-15-12-18(16(2)27(15)19-8-10-20(11-9-19)28(32)33)13-21-22(29)25-24(31)26(23(21)30)14-17-6-4-3-5-7-17/h3-13H,14H2,1-2H3,(H,25,29,31)/b21-13+. The van der Waals surface area contributed by atoms with Crippen LogP contribution in [0.1, 0.15) is 22.5 Å². The summed E-state index contributed by atoms with van der Waals surface area (Å²) >= 11 is 0. The number of aryl methyl sites for hydroxylation is 1. The summed E-state index contributed by atoms with van der Waals surface area (Å²) in [5.74, 6) is -1.43. The number of urea groups is 1. The van der Waals surface area contributed by atoms with Crippen molar-refractivity contribution in [2.45, 2.75) is 20.4 Å². The Morgan fingerprint density at radius 2 is 1.67 bits per heavy atom. The number of nitrogens with zero attached hydrogens (tertiary/aromatic N) is 3. The summed E-state index contributed by atoms with van der Waals surface area (Å²) in [4.78, 5) is 49.3. The van der Waals surface area contributed by atoms with Crippen molar-refractivity contribution >= 4 is 29.6 Å². The number of amides is 4. The van der Waals surface area contributed by atoms with Crippen LogP contribution in [0.25, 0.3) is 11.8 Å². The number of nitrogens with one attached hydrogen (secondary N) is 1. The van der Waals surface area contributed by atoms with Gasteiger partial charge in [0, 0.05) is 29.2 Å². The number of carbonyl (C=O) groups excluding carboxylic acids is 3. The minimum Gasteiger partial charge on any atom is -0.318 e. The summed E-state index contributed by atoms with van der Waals surface area (Å²) in [5, 5.41) is 13.2. The lowest BCUT2D eigenvalue weighted by atomic mass is 10.1. The molecule has 1 aliphatic heterocycles. The molecule has 1 aromatic heterocycles. The maximum Gasteiger partial charge on any atom is 0.331 e. The van der Waals surface area contributed by atoms with Gasteiger partial charge < -0.3 is 4.57 Å². The molecule has 1 fully saturated rings. The van der Waals surface area contributed by atoms with E-state index in [9.17, 15) is 24.5 Å². The quantitative estimate of drug-likeness (QED) is 0.279. The zero-order valence-corrected chi connectivity index (χ0v) is 17.9. The van der Waals surface area contributed by atoms with Gasteiger partial charge in [-0.05, 0) is 49.2 Å². The number of barbiturate groups is 1. The van der Waals surface area contributed by atoms with E-state index >= 15 is 0 Å². The Morgan fingerprint density at radius 1 is 1.00 bits per heavy atom. The average Bonchev–Trinajstić information content (AvgIpc) is 3.07. The van der Waals surface area contributed by atoms with Crippen LogP contribution < -0.4 is 5.32 Å². The van der Waals surface area contributed by atoms with Crippen molar-refractivity contribution in [1.29, 1.82) is 0 Å². The second-order valence-electron chi connectivity index (χ2n) is 7.63. The van der Waals surface area contributed by atoms with Crippen LogP contribution in [0.2, 0.25) is 0 Å². The van der Waals surface area contributed by atoms with Gasteiger partial charge >= 0.3 is 6.03 Å². The molecule has 3 aromatic rings. The van der Waals surface area contributed by atoms with Crippen molar-refractivity contribution in [3.63, 3.8) is 0 Å². The van der Waals surface area contributed by atoms with Crippen LogP contribution in [-0.2, 0) is 16.1 Å². The first-order valence-corrected chi connectivity index (χ1v) is 10.1. The first-order valence-electron chi connectivity index (χ1n) is 10.1. The van der Waals surface area contributed by atoms with Gasteiger partial charge in [0.1, 0.15) is 5.57 Å². The SMILES string of the molecule is Cc1cc(/C=C2\C(=O)NC(=O)N(Cc3ccccc3)C2=O)c(C)n1-c1ccc([N+](=O)[O-])cc1. The monoisotopic (exact) mass is 444 g/mol. The predicted octanol–water partition coefficient (Wildman–Crippen LogP) is 3.66. The van der Waals surface area contributed by atoms with Crippen molar-refractivity contribution < 1.29 is 19.3 Å². The summed E-state index contributed by atoms with van der Waals surface area (Å²) in [7, 11) is 0. The highest BCUT2D eigenvalue weighted by Crippen LogP contribution is 2.25. The summed E-state index contributed by atoms with van der Waals surface area (Å²) < 4.78 is 1.87. The molecule has 166 valence electrons. The highest BCUT2D eigenvalue weighted by molar-refractivity contribution is 6.31. The molecule has 1 N–H and O–H groups in total. The summed E-state index contributed by atoms with van der Waals surface area (Å²) in [5.41, 5.74) is 3.48. The van der Waals surface area contributed by atoms with Crippen molar-refractivity contribution in [1.82, 2.24) is 14.8 Å². The van der Waals surface area contributed by atoms with Crippen molar-refractivity contribution in [3.8, 4) is 5.69 Å². The molecule has 1 saturated heterocycles. The minimum atomic E-state index is -0.762. The number of imide groups is 2.